The number of thioether (sulfide) groups is 1. The molecule has 0 bridgehead atoms. The highest BCUT2D eigenvalue weighted by Gasteiger charge is 2.34. The third kappa shape index (κ3) is 5.92. The standard InChI is InChI=1S/C22H24ClN3O4S/c1-13-5-7-19(14(2)11-13)29-9-10-30-20-8-6-17(23)12-18(20)21-26(16(4)28)25-22(31-21)24-15(3)27/h5-8,11-12,21H,9-10H2,1-4H3,(H,24,25,27)/t21-/m0/s1. The molecule has 1 heterocycles. The number of ether oxygens (including phenoxy) is 2. The molecule has 7 nitrogen and oxygen atoms in total. The zero-order chi connectivity index (χ0) is 22.5. The molecular formula is C22H24ClN3O4S. The maximum Gasteiger partial charge on any atom is 0.241 e. The first kappa shape index (κ1) is 23.0. The molecule has 0 spiro atoms. The quantitative estimate of drug-likeness (QED) is 0.644. The topological polar surface area (TPSA) is 80.2 Å². The second-order valence-corrected chi connectivity index (χ2v) is 8.57. The van der Waals surface area contributed by atoms with Crippen LogP contribution in [-0.2, 0) is 9.59 Å². The number of carbonyl (C=O) groups is 2. The Morgan fingerprint density at radius 2 is 1.77 bits per heavy atom. The van der Waals surface area contributed by atoms with E-state index in [1.807, 2.05) is 26.0 Å². The number of amidine groups is 1. The second-order valence-electron chi connectivity index (χ2n) is 7.07. The average molecular weight is 462 g/mol. The molecule has 0 aromatic heterocycles. The normalized spacial score (nSPS) is 15.5. The van der Waals surface area contributed by atoms with Gasteiger partial charge in [-0.25, -0.2) is 5.01 Å². The van der Waals surface area contributed by atoms with Crippen LogP contribution in [0, 0.1) is 13.8 Å². The van der Waals surface area contributed by atoms with E-state index in [9.17, 15) is 9.59 Å². The number of rotatable bonds is 6. The van der Waals surface area contributed by atoms with E-state index in [1.165, 1.54) is 36.2 Å². The van der Waals surface area contributed by atoms with Crippen LogP contribution in [-0.4, -0.2) is 35.2 Å². The third-order valence-electron chi connectivity index (χ3n) is 4.42. The summed E-state index contributed by atoms with van der Waals surface area (Å²) in [6.07, 6.45) is 0. The van der Waals surface area contributed by atoms with E-state index in [1.54, 1.807) is 18.2 Å². The van der Waals surface area contributed by atoms with Gasteiger partial charge in [0.15, 0.2) is 5.17 Å². The van der Waals surface area contributed by atoms with Crippen molar-refractivity contribution >= 4 is 40.3 Å². The van der Waals surface area contributed by atoms with Crippen molar-refractivity contribution < 1.29 is 19.1 Å². The molecule has 1 atom stereocenters. The molecule has 2 aromatic rings. The predicted molar refractivity (Wildman–Crippen MR) is 122 cm³/mol. The molecule has 164 valence electrons. The minimum Gasteiger partial charge on any atom is -0.490 e. The lowest BCUT2D eigenvalue weighted by atomic mass is 10.1. The van der Waals surface area contributed by atoms with Crippen LogP contribution in [0.25, 0.3) is 0 Å². The van der Waals surface area contributed by atoms with Gasteiger partial charge in [0, 0.05) is 24.4 Å². The van der Waals surface area contributed by atoms with E-state index in [2.05, 4.69) is 16.5 Å². The lowest BCUT2D eigenvalue weighted by Gasteiger charge is -2.22. The third-order valence-corrected chi connectivity index (χ3v) is 5.74. The molecule has 0 aliphatic carbocycles. The summed E-state index contributed by atoms with van der Waals surface area (Å²) in [5, 5.41) is 8.49. The van der Waals surface area contributed by atoms with Crippen molar-refractivity contribution in [1.29, 1.82) is 0 Å². The highest BCUT2D eigenvalue weighted by atomic mass is 35.5. The molecular weight excluding hydrogens is 438 g/mol. The molecule has 0 unspecified atom stereocenters. The van der Waals surface area contributed by atoms with Crippen LogP contribution in [0.3, 0.4) is 0 Å². The van der Waals surface area contributed by atoms with Crippen molar-refractivity contribution in [3.63, 3.8) is 0 Å². The minimum absolute atomic E-state index is 0.262. The maximum atomic E-state index is 12.1. The maximum absolute atomic E-state index is 12.1. The molecule has 3 rings (SSSR count). The zero-order valence-electron chi connectivity index (χ0n) is 17.8. The second kappa shape index (κ2) is 10.1. The van der Waals surface area contributed by atoms with Gasteiger partial charge < -0.3 is 14.8 Å². The summed E-state index contributed by atoms with van der Waals surface area (Å²) in [4.78, 5) is 23.5. The Labute approximate surface area is 190 Å². The van der Waals surface area contributed by atoms with E-state index >= 15 is 0 Å². The summed E-state index contributed by atoms with van der Waals surface area (Å²) < 4.78 is 11.8. The SMILES string of the molecule is CC(=O)NC1=NN(C(C)=O)[C@H](c2cc(Cl)ccc2OCCOc2ccc(C)cc2C)S1. The van der Waals surface area contributed by atoms with Crippen LogP contribution < -0.4 is 14.8 Å². The smallest absolute Gasteiger partial charge is 0.241 e. The van der Waals surface area contributed by atoms with Gasteiger partial charge in [0.25, 0.3) is 0 Å². The van der Waals surface area contributed by atoms with Gasteiger partial charge in [-0.15, -0.1) is 5.10 Å². The molecule has 0 saturated heterocycles. The molecule has 1 aliphatic heterocycles. The number of benzene rings is 2. The fraction of sp³-hybridized carbons (Fsp3) is 0.318. The van der Waals surface area contributed by atoms with Gasteiger partial charge in [-0.3, -0.25) is 9.59 Å². The number of amides is 2. The van der Waals surface area contributed by atoms with Gasteiger partial charge in [-0.2, -0.15) is 0 Å². The van der Waals surface area contributed by atoms with Gasteiger partial charge >= 0.3 is 0 Å². The van der Waals surface area contributed by atoms with Crippen LogP contribution in [0.2, 0.25) is 5.02 Å². The highest BCUT2D eigenvalue weighted by molar-refractivity contribution is 8.14. The average Bonchev–Trinajstić information content (AvgIpc) is 3.10. The molecule has 1 aliphatic rings. The first-order valence-corrected chi connectivity index (χ1v) is 11.0. The highest BCUT2D eigenvalue weighted by Crippen LogP contribution is 2.43. The molecule has 9 heteroatoms. The number of aryl methyl sites for hydroxylation is 2. The van der Waals surface area contributed by atoms with Crippen LogP contribution in [0.5, 0.6) is 11.5 Å². The predicted octanol–water partition coefficient (Wildman–Crippen LogP) is 4.42. The Bertz CT molecular complexity index is 1030. The van der Waals surface area contributed by atoms with Crippen molar-refractivity contribution in [2.45, 2.75) is 33.1 Å². The zero-order valence-corrected chi connectivity index (χ0v) is 19.3. The summed E-state index contributed by atoms with van der Waals surface area (Å²) in [5.41, 5.74) is 2.93. The van der Waals surface area contributed by atoms with Crippen molar-refractivity contribution in [1.82, 2.24) is 10.3 Å². The molecule has 31 heavy (non-hydrogen) atoms. The van der Waals surface area contributed by atoms with Gasteiger partial charge in [0.05, 0.1) is 0 Å². The summed E-state index contributed by atoms with van der Waals surface area (Å²) >= 11 is 7.46. The number of nitrogens with one attached hydrogen (secondary N) is 1. The summed E-state index contributed by atoms with van der Waals surface area (Å²) in [7, 11) is 0. The first-order valence-electron chi connectivity index (χ1n) is 9.69. The fourth-order valence-electron chi connectivity index (χ4n) is 3.07. The van der Waals surface area contributed by atoms with Gasteiger partial charge in [-0.05, 0) is 43.7 Å². The van der Waals surface area contributed by atoms with Crippen LogP contribution >= 0.6 is 23.4 Å². The van der Waals surface area contributed by atoms with E-state index in [4.69, 9.17) is 21.1 Å². The Morgan fingerprint density at radius 1 is 1.10 bits per heavy atom. The Hall–Kier alpha value is -2.71. The Balaban J connectivity index is 1.71. The minimum atomic E-state index is -0.506. The fourth-order valence-corrected chi connectivity index (χ4v) is 4.41. The van der Waals surface area contributed by atoms with Gasteiger partial charge in [-0.1, -0.05) is 41.1 Å². The lowest BCUT2D eigenvalue weighted by molar-refractivity contribution is -0.129. The molecule has 2 aromatic carbocycles. The van der Waals surface area contributed by atoms with Crippen LogP contribution in [0.1, 0.15) is 35.9 Å². The van der Waals surface area contributed by atoms with E-state index in [0.717, 1.165) is 11.3 Å². The summed E-state index contributed by atoms with van der Waals surface area (Å²) in [6, 6.07) is 11.2. The number of hydrazone groups is 1. The molecule has 2 amide bonds. The molecule has 0 radical (unpaired) electrons. The van der Waals surface area contributed by atoms with Crippen molar-refractivity contribution in [3.05, 3.63) is 58.1 Å². The number of nitrogens with zero attached hydrogens (tertiary/aromatic N) is 2. The molecule has 0 fully saturated rings. The van der Waals surface area contributed by atoms with Crippen molar-refractivity contribution in [3.8, 4) is 11.5 Å². The summed E-state index contributed by atoms with van der Waals surface area (Å²) in [5.74, 6) is 0.855. The van der Waals surface area contributed by atoms with Crippen molar-refractivity contribution in [2.24, 2.45) is 5.10 Å². The summed E-state index contributed by atoms with van der Waals surface area (Å²) in [6.45, 7) is 7.50. The van der Waals surface area contributed by atoms with E-state index in [-0.39, 0.29) is 11.8 Å². The number of carbonyl (C=O) groups excluding carboxylic acids is 2. The molecule has 0 saturated carbocycles. The Kier molecular flexibility index (Phi) is 7.46. The number of halogens is 1. The van der Waals surface area contributed by atoms with Gasteiger partial charge in [0.2, 0.25) is 11.8 Å². The monoisotopic (exact) mass is 461 g/mol. The first-order chi connectivity index (χ1) is 14.7. The Morgan fingerprint density at radius 3 is 2.42 bits per heavy atom. The number of hydrogen-bond donors (Lipinski definition) is 1. The van der Waals surface area contributed by atoms with E-state index in [0.29, 0.717) is 34.7 Å². The van der Waals surface area contributed by atoms with Crippen molar-refractivity contribution in [2.75, 3.05) is 13.2 Å². The van der Waals surface area contributed by atoms with Crippen LogP contribution in [0.15, 0.2) is 41.5 Å². The van der Waals surface area contributed by atoms with E-state index < -0.39 is 5.37 Å². The molecule has 1 N–H and O–H groups in total. The van der Waals surface area contributed by atoms with Crippen LogP contribution in [0.4, 0.5) is 0 Å². The van der Waals surface area contributed by atoms with Gasteiger partial charge in [0.1, 0.15) is 30.1 Å². The number of hydrogen-bond acceptors (Lipinski definition) is 6. The largest absolute Gasteiger partial charge is 0.490 e. The lowest BCUT2D eigenvalue weighted by Crippen LogP contribution is -2.25.